The summed E-state index contributed by atoms with van der Waals surface area (Å²) in [6, 6.07) is 0. The summed E-state index contributed by atoms with van der Waals surface area (Å²) in [7, 11) is 5.04. The molecule has 1 aromatic heterocycles. The van der Waals surface area contributed by atoms with E-state index in [9.17, 15) is 4.79 Å². The van der Waals surface area contributed by atoms with Crippen molar-refractivity contribution in [2.75, 3.05) is 14.1 Å². The third kappa shape index (κ3) is 1.54. The van der Waals surface area contributed by atoms with Gasteiger partial charge in [0.2, 0.25) is 0 Å². The molecule has 1 rings (SSSR count). The SMILES string of the molecule is C#Cc1cnn(C)c1C(=O)N(C)C. The highest BCUT2D eigenvalue weighted by atomic mass is 16.2. The molecular formula is C9H11N3O. The van der Waals surface area contributed by atoms with Gasteiger partial charge in [-0.2, -0.15) is 5.10 Å². The van der Waals surface area contributed by atoms with Crippen LogP contribution in [0.5, 0.6) is 0 Å². The molecule has 0 spiro atoms. The van der Waals surface area contributed by atoms with E-state index in [4.69, 9.17) is 6.42 Å². The minimum absolute atomic E-state index is 0.132. The van der Waals surface area contributed by atoms with Gasteiger partial charge < -0.3 is 4.90 Å². The van der Waals surface area contributed by atoms with E-state index in [1.807, 2.05) is 0 Å². The topological polar surface area (TPSA) is 38.1 Å². The Morgan fingerprint density at radius 2 is 2.31 bits per heavy atom. The number of amides is 1. The van der Waals surface area contributed by atoms with Crippen molar-refractivity contribution in [2.45, 2.75) is 0 Å². The monoisotopic (exact) mass is 177 g/mol. The molecule has 0 aliphatic carbocycles. The number of aryl methyl sites for hydroxylation is 1. The summed E-state index contributed by atoms with van der Waals surface area (Å²) in [4.78, 5) is 13.0. The minimum atomic E-state index is -0.132. The number of hydrogen-bond donors (Lipinski definition) is 0. The number of hydrogen-bond acceptors (Lipinski definition) is 2. The molecule has 0 fully saturated rings. The van der Waals surface area contributed by atoms with Crippen molar-refractivity contribution in [1.82, 2.24) is 14.7 Å². The maximum Gasteiger partial charge on any atom is 0.272 e. The first kappa shape index (κ1) is 9.33. The fraction of sp³-hybridized carbons (Fsp3) is 0.333. The summed E-state index contributed by atoms with van der Waals surface area (Å²) >= 11 is 0. The van der Waals surface area contributed by atoms with Gasteiger partial charge in [-0.1, -0.05) is 5.92 Å². The second-order valence-corrected chi connectivity index (χ2v) is 2.87. The van der Waals surface area contributed by atoms with Gasteiger partial charge in [0.15, 0.2) is 0 Å². The fourth-order valence-corrected chi connectivity index (χ4v) is 1.01. The highest BCUT2D eigenvalue weighted by Gasteiger charge is 2.16. The lowest BCUT2D eigenvalue weighted by Crippen LogP contribution is -2.25. The van der Waals surface area contributed by atoms with E-state index in [1.54, 1.807) is 21.1 Å². The molecule has 0 unspecified atom stereocenters. The van der Waals surface area contributed by atoms with Crippen LogP contribution in [0, 0.1) is 12.3 Å². The lowest BCUT2D eigenvalue weighted by atomic mass is 10.2. The number of nitrogens with zero attached hydrogens (tertiary/aromatic N) is 3. The average molecular weight is 177 g/mol. The maximum absolute atomic E-state index is 11.6. The molecule has 0 aromatic carbocycles. The molecule has 0 saturated heterocycles. The van der Waals surface area contributed by atoms with Crippen molar-refractivity contribution in [3.05, 3.63) is 17.5 Å². The molecule has 0 atom stereocenters. The molecule has 1 aromatic rings. The molecule has 1 amide bonds. The van der Waals surface area contributed by atoms with Gasteiger partial charge in [-0.05, 0) is 0 Å². The van der Waals surface area contributed by atoms with Crippen LogP contribution in [0.1, 0.15) is 16.1 Å². The molecule has 0 bridgehead atoms. The largest absolute Gasteiger partial charge is 0.343 e. The van der Waals surface area contributed by atoms with Gasteiger partial charge in [0.05, 0.1) is 11.8 Å². The van der Waals surface area contributed by atoms with Crippen LogP contribution in [-0.4, -0.2) is 34.7 Å². The van der Waals surface area contributed by atoms with Crippen molar-refractivity contribution >= 4 is 5.91 Å². The smallest absolute Gasteiger partial charge is 0.272 e. The normalized spacial score (nSPS) is 9.38. The van der Waals surface area contributed by atoms with E-state index in [2.05, 4.69) is 11.0 Å². The number of rotatable bonds is 1. The number of aromatic nitrogens is 2. The van der Waals surface area contributed by atoms with E-state index >= 15 is 0 Å². The Morgan fingerprint density at radius 1 is 1.69 bits per heavy atom. The first-order chi connectivity index (χ1) is 6.07. The highest BCUT2D eigenvalue weighted by Crippen LogP contribution is 2.07. The Balaban J connectivity index is 3.21. The van der Waals surface area contributed by atoms with E-state index in [-0.39, 0.29) is 5.91 Å². The Hall–Kier alpha value is -1.76. The van der Waals surface area contributed by atoms with Gasteiger partial charge >= 0.3 is 0 Å². The summed E-state index contributed by atoms with van der Waals surface area (Å²) in [5, 5.41) is 3.92. The highest BCUT2D eigenvalue weighted by molar-refractivity contribution is 5.94. The van der Waals surface area contributed by atoms with Gasteiger partial charge in [0.1, 0.15) is 5.69 Å². The van der Waals surface area contributed by atoms with E-state index in [0.717, 1.165) is 0 Å². The van der Waals surface area contributed by atoms with Crippen LogP contribution in [0.2, 0.25) is 0 Å². The molecule has 13 heavy (non-hydrogen) atoms. The zero-order valence-corrected chi connectivity index (χ0v) is 7.90. The Bertz CT molecular complexity index is 371. The Kier molecular flexibility index (Phi) is 2.38. The van der Waals surface area contributed by atoms with Gasteiger partial charge in [-0.15, -0.1) is 6.42 Å². The molecule has 1 heterocycles. The van der Waals surface area contributed by atoms with Crippen molar-refractivity contribution in [1.29, 1.82) is 0 Å². The third-order valence-corrected chi connectivity index (χ3v) is 1.70. The van der Waals surface area contributed by atoms with Crippen molar-refractivity contribution in [3.63, 3.8) is 0 Å². The predicted molar refractivity (Wildman–Crippen MR) is 49.2 cm³/mol. The van der Waals surface area contributed by atoms with Crippen LogP contribution in [0.25, 0.3) is 0 Å². The van der Waals surface area contributed by atoms with Gasteiger partial charge in [0, 0.05) is 21.1 Å². The first-order valence-corrected chi connectivity index (χ1v) is 3.78. The quantitative estimate of drug-likeness (QED) is 0.571. The Labute approximate surface area is 77.1 Å². The van der Waals surface area contributed by atoms with Gasteiger partial charge in [-0.25, -0.2) is 0 Å². The number of carbonyl (C=O) groups is 1. The number of terminal acetylenes is 1. The summed E-state index contributed by atoms with van der Waals surface area (Å²) in [6.45, 7) is 0. The summed E-state index contributed by atoms with van der Waals surface area (Å²) in [5.41, 5.74) is 0.980. The first-order valence-electron chi connectivity index (χ1n) is 3.78. The number of carbonyl (C=O) groups excluding carboxylic acids is 1. The molecule has 68 valence electrons. The van der Waals surface area contributed by atoms with Crippen LogP contribution < -0.4 is 0 Å². The summed E-state index contributed by atoms with van der Waals surface area (Å²) < 4.78 is 1.48. The molecule has 0 saturated carbocycles. The molecule has 0 N–H and O–H groups in total. The molecule has 0 aliphatic heterocycles. The molecule has 4 heteroatoms. The fourth-order valence-electron chi connectivity index (χ4n) is 1.01. The lowest BCUT2D eigenvalue weighted by Gasteiger charge is -2.10. The predicted octanol–water partition coefficient (Wildman–Crippen LogP) is 0.103. The van der Waals surface area contributed by atoms with Crippen LogP contribution >= 0.6 is 0 Å². The Morgan fingerprint density at radius 3 is 2.77 bits per heavy atom. The summed E-state index contributed by atoms with van der Waals surface area (Å²) in [6.07, 6.45) is 6.74. The molecule has 0 radical (unpaired) electrons. The molecule has 4 nitrogen and oxygen atoms in total. The van der Waals surface area contributed by atoms with Gasteiger partial charge in [0.25, 0.3) is 5.91 Å². The van der Waals surface area contributed by atoms with Crippen LogP contribution in [0.4, 0.5) is 0 Å². The van der Waals surface area contributed by atoms with Crippen molar-refractivity contribution < 1.29 is 4.79 Å². The van der Waals surface area contributed by atoms with E-state index in [0.29, 0.717) is 11.3 Å². The second kappa shape index (κ2) is 3.31. The second-order valence-electron chi connectivity index (χ2n) is 2.87. The zero-order valence-electron chi connectivity index (χ0n) is 7.90. The van der Waals surface area contributed by atoms with Crippen LogP contribution in [-0.2, 0) is 7.05 Å². The van der Waals surface area contributed by atoms with E-state index in [1.165, 1.54) is 15.8 Å². The third-order valence-electron chi connectivity index (χ3n) is 1.70. The minimum Gasteiger partial charge on any atom is -0.343 e. The van der Waals surface area contributed by atoms with Crippen molar-refractivity contribution in [3.8, 4) is 12.3 Å². The van der Waals surface area contributed by atoms with E-state index < -0.39 is 0 Å². The zero-order chi connectivity index (χ0) is 10.0. The maximum atomic E-state index is 11.6. The van der Waals surface area contributed by atoms with Crippen LogP contribution in [0.3, 0.4) is 0 Å². The average Bonchev–Trinajstić information content (AvgIpc) is 2.45. The molecular weight excluding hydrogens is 166 g/mol. The van der Waals surface area contributed by atoms with Crippen molar-refractivity contribution in [2.24, 2.45) is 7.05 Å². The molecule has 0 aliphatic rings. The lowest BCUT2D eigenvalue weighted by molar-refractivity contribution is 0.0816. The van der Waals surface area contributed by atoms with Gasteiger partial charge in [-0.3, -0.25) is 9.48 Å². The van der Waals surface area contributed by atoms with Crippen LogP contribution in [0.15, 0.2) is 6.20 Å². The standard InChI is InChI=1S/C9H11N3O/c1-5-7-6-10-12(4)8(7)9(13)11(2)3/h1,6H,2-4H3. The summed E-state index contributed by atoms with van der Waals surface area (Å²) in [5.74, 6) is 2.29.